The number of nitrogens with one attached hydrogen (secondary N) is 1. The summed E-state index contributed by atoms with van der Waals surface area (Å²) in [6.07, 6.45) is 1.74. The molecule has 1 aromatic carbocycles. The maximum atomic E-state index is 5.95. The molecule has 0 amide bonds. The Morgan fingerprint density at radius 2 is 2.17 bits per heavy atom. The van der Waals surface area contributed by atoms with Crippen LogP contribution in [0, 0.1) is 4.77 Å². The molecular weight excluding hydrogens is 334 g/mol. The minimum Gasteiger partial charge on any atom is -0.329 e. The zero-order chi connectivity index (χ0) is 12.7. The largest absolute Gasteiger partial charge is 0.329 e. The number of benzene rings is 1. The first-order valence-corrected chi connectivity index (χ1v) is 6.76. The summed E-state index contributed by atoms with van der Waals surface area (Å²) in [7, 11) is 0. The third-order valence-corrected chi connectivity index (χ3v) is 3.75. The highest BCUT2D eigenvalue weighted by molar-refractivity contribution is 9.10. The van der Waals surface area contributed by atoms with Crippen LogP contribution in [0.4, 0.5) is 0 Å². The van der Waals surface area contributed by atoms with Crippen molar-refractivity contribution in [3.05, 3.63) is 50.8 Å². The number of aromatic nitrogens is 3. The van der Waals surface area contributed by atoms with Crippen LogP contribution in [0.2, 0.25) is 5.02 Å². The van der Waals surface area contributed by atoms with Crippen molar-refractivity contribution in [3.8, 4) is 5.69 Å². The molecular formula is C12H7BrClN3S. The summed E-state index contributed by atoms with van der Waals surface area (Å²) in [5.74, 6) is 0. The number of halogens is 2. The molecule has 0 atom stereocenters. The lowest BCUT2D eigenvalue weighted by Gasteiger charge is -2.06. The quantitative estimate of drug-likeness (QED) is 0.662. The van der Waals surface area contributed by atoms with Gasteiger partial charge in [0.25, 0.3) is 0 Å². The van der Waals surface area contributed by atoms with Gasteiger partial charge in [-0.2, -0.15) is 0 Å². The summed E-state index contributed by atoms with van der Waals surface area (Å²) in [6.45, 7) is 0. The van der Waals surface area contributed by atoms with E-state index in [4.69, 9.17) is 23.8 Å². The topological polar surface area (TPSA) is 33.6 Å². The third kappa shape index (κ3) is 1.88. The second kappa shape index (κ2) is 4.50. The van der Waals surface area contributed by atoms with E-state index in [0.29, 0.717) is 9.79 Å². The lowest BCUT2D eigenvalue weighted by Crippen LogP contribution is -1.96. The van der Waals surface area contributed by atoms with E-state index in [9.17, 15) is 0 Å². The fourth-order valence-electron chi connectivity index (χ4n) is 1.83. The first-order chi connectivity index (χ1) is 8.66. The van der Waals surface area contributed by atoms with Gasteiger partial charge in [-0.15, -0.1) is 0 Å². The van der Waals surface area contributed by atoms with Crippen LogP contribution in [0.15, 0.2) is 41.0 Å². The normalized spacial score (nSPS) is 11.0. The molecule has 0 unspecified atom stereocenters. The lowest BCUT2D eigenvalue weighted by molar-refractivity contribution is 1.04. The second-order valence-electron chi connectivity index (χ2n) is 3.74. The van der Waals surface area contributed by atoms with Crippen molar-refractivity contribution < 1.29 is 0 Å². The van der Waals surface area contributed by atoms with Crippen molar-refractivity contribution in [2.45, 2.75) is 0 Å². The first kappa shape index (κ1) is 11.9. The van der Waals surface area contributed by atoms with E-state index < -0.39 is 0 Å². The van der Waals surface area contributed by atoms with Crippen molar-refractivity contribution in [1.82, 2.24) is 14.5 Å². The van der Waals surface area contributed by atoms with Crippen LogP contribution in [0.3, 0.4) is 0 Å². The molecule has 6 heteroatoms. The Hall–Kier alpha value is -1.17. The molecule has 0 saturated heterocycles. The molecule has 90 valence electrons. The van der Waals surface area contributed by atoms with Gasteiger partial charge in [-0.1, -0.05) is 11.6 Å². The Bertz CT molecular complexity index is 793. The van der Waals surface area contributed by atoms with Crippen molar-refractivity contribution in [3.63, 3.8) is 0 Å². The van der Waals surface area contributed by atoms with Gasteiger partial charge >= 0.3 is 0 Å². The molecule has 0 radical (unpaired) electrons. The summed E-state index contributed by atoms with van der Waals surface area (Å²) in [5.41, 5.74) is 2.62. The van der Waals surface area contributed by atoms with Gasteiger partial charge < -0.3 is 4.98 Å². The molecule has 2 aromatic heterocycles. The van der Waals surface area contributed by atoms with Gasteiger partial charge in [0.1, 0.15) is 0 Å². The molecule has 0 aliphatic heterocycles. The zero-order valence-corrected chi connectivity index (χ0v) is 12.2. The number of hydrogen-bond donors (Lipinski definition) is 1. The standard InChI is InChI=1S/C12H7BrClN3S/c13-8-6-7(14)3-4-10(8)17-11-9(16-12(17)18)2-1-5-15-11/h1-6H,(H,16,18). The summed E-state index contributed by atoms with van der Waals surface area (Å²) < 4.78 is 3.36. The van der Waals surface area contributed by atoms with Crippen LogP contribution in [-0.2, 0) is 0 Å². The fourth-order valence-corrected chi connectivity index (χ4v) is 2.98. The molecule has 0 spiro atoms. The Labute approximate surface area is 122 Å². The van der Waals surface area contributed by atoms with Crippen LogP contribution in [0.5, 0.6) is 0 Å². The van der Waals surface area contributed by atoms with Crippen LogP contribution in [0.25, 0.3) is 16.9 Å². The minimum atomic E-state index is 0.603. The van der Waals surface area contributed by atoms with E-state index in [1.807, 2.05) is 34.9 Å². The number of fused-ring (bicyclic) bond motifs is 1. The van der Waals surface area contributed by atoms with Crippen molar-refractivity contribution >= 4 is 50.9 Å². The van der Waals surface area contributed by atoms with Gasteiger partial charge in [-0.05, 0) is 58.5 Å². The number of aromatic amines is 1. The summed E-state index contributed by atoms with van der Waals surface area (Å²) >= 11 is 14.8. The van der Waals surface area contributed by atoms with Gasteiger partial charge in [0.05, 0.1) is 11.2 Å². The Morgan fingerprint density at radius 3 is 2.94 bits per heavy atom. The number of pyridine rings is 1. The molecule has 1 N–H and O–H groups in total. The molecule has 18 heavy (non-hydrogen) atoms. The SMILES string of the molecule is S=c1[nH]c2cccnc2n1-c1ccc(Cl)cc1Br. The van der Waals surface area contributed by atoms with Crippen molar-refractivity contribution in [1.29, 1.82) is 0 Å². The maximum Gasteiger partial charge on any atom is 0.184 e. The zero-order valence-electron chi connectivity index (χ0n) is 9.02. The van der Waals surface area contributed by atoms with Crippen molar-refractivity contribution in [2.75, 3.05) is 0 Å². The molecule has 0 fully saturated rings. The first-order valence-electron chi connectivity index (χ1n) is 5.18. The minimum absolute atomic E-state index is 0.603. The number of rotatable bonds is 1. The van der Waals surface area contributed by atoms with Gasteiger partial charge in [-0.25, -0.2) is 4.98 Å². The summed E-state index contributed by atoms with van der Waals surface area (Å²) in [5, 5.41) is 0.671. The van der Waals surface area contributed by atoms with Crippen LogP contribution in [0.1, 0.15) is 0 Å². The average molecular weight is 341 g/mol. The predicted molar refractivity (Wildman–Crippen MR) is 79.0 cm³/mol. The molecule has 0 aliphatic carbocycles. The highest BCUT2D eigenvalue weighted by Gasteiger charge is 2.10. The van der Waals surface area contributed by atoms with E-state index in [0.717, 1.165) is 21.3 Å². The van der Waals surface area contributed by atoms with Gasteiger partial charge in [-0.3, -0.25) is 4.57 Å². The molecule has 0 saturated carbocycles. The van der Waals surface area contributed by atoms with E-state index in [2.05, 4.69) is 25.9 Å². The van der Waals surface area contributed by atoms with Crippen LogP contribution >= 0.6 is 39.7 Å². The summed E-state index contributed by atoms with van der Waals surface area (Å²) in [6, 6.07) is 9.38. The van der Waals surface area contributed by atoms with E-state index >= 15 is 0 Å². The number of imidazole rings is 1. The monoisotopic (exact) mass is 339 g/mol. The van der Waals surface area contributed by atoms with E-state index in [1.165, 1.54) is 0 Å². The van der Waals surface area contributed by atoms with Crippen LogP contribution < -0.4 is 0 Å². The molecule has 0 aliphatic rings. The van der Waals surface area contributed by atoms with Gasteiger partial charge in [0, 0.05) is 15.7 Å². The van der Waals surface area contributed by atoms with Gasteiger partial charge in [0.2, 0.25) is 0 Å². The fraction of sp³-hybridized carbons (Fsp3) is 0. The third-order valence-electron chi connectivity index (χ3n) is 2.59. The maximum absolute atomic E-state index is 5.95. The summed E-state index contributed by atoms with van der Waals surface area (Å²) in [4.78, 5) is 7.48. The number of hydrogen-bond acceptors (Lipinski definition) is 2. The Balaban J connectivity index is 2.38. The molecule has 3 nitrogen and oxygen atoms in total. The van der Waals surface area contributed by atoms with Crippen LogP contribution in [-0.4, -0.2) is 14.5 Å². The van der Waals surface area contributed by atoms with Crippen molar-refractivity contribution in [2.24, 2.45) is 0 Å². The number of H-pyrrole nitrogens is 1. The number of nitrogens with zero attached hydrogens (tertiary/aromatic N) is 2. The molecule has 3 rings (SSSR count). The van der Waals surface area contributed by atoms with E-state index in [1.54, 1.807) is 6.20 Å². The Morgan fingerprint density at radius 1 is 1.33 bits per heavy atom. The lowest BCUT2D eigenvalue weighted by atomic mass is 10.3. The van der Waals surface area contributed by atoms with E-state index in [-0.39, 0.29) is 0 Å². The second-order valence-corrected chi connectivity index (χ2v) is 5.41. The van der Waals surface area contributed by atoms with Gasteiger partial charge in [0.15, 0.2) is 10.4 Å². The molecule has 2 heterocycles. The predicted octanol–water partition coefficient (Wildman–Crippen LogP) is 4.50. The molecule has 0 bridgehead atoms. The average Bonchev–Trinajstić information content (AvgIpc) is 2.66. The highest BCUT2D eigenvalue weighted by Crippen LogP contribution is 2.27. The molecule has 3 aromatic rings. The highest BCUT2D eigenvalue weighted by atomic mass is 79.9. The Kier molecular flexibility index (Phi) is 2.97. The smallest absolute Gasteiger partial charge is 0.184 e.